The van der Waals surface area contributed by atoms with E-state index in [0.717, 1.165) is 4.68 Å². The quantitative estimate of drug-likeness (QED) is 0.506. The summed E-state index contributed by atoms with van der Waals surface area (Å²) in [4.78, 5) is 24.8. The number of rotatable bonds is 7. The monoisotopic (exact) mass is 489 g/mol. The van der Waals surface area contributed by atoms with Crippen molar-refractivity contribution in [2.75, 3.05) is 20.8 Å². The Morgan fingerprint density at radius 1 is 1.17 bits per heavy atom. The third-order valence-electron chi connectivity index (χ3n) is 5.72. The maximum Gasteiger partial charge on any atom is 0.287 e. The van der Waals surface area contributed by atoms with Gasteiger partial charge in [-0.1, -0.05) is 12.1 Å². The average molecular weight is 489 g/mol. The van der Waals surface area contributed by atoms with Crippen LogP contribution >= 0.6 is 0 Å². The summed E-state index contributed by atoms with van der Waals surface area (Å²) in [5.74, 6) is -0.959. The molecular weight excluding hydrogens is 466 g/mol. The fourth-order valence-corrected chi connectivity index (χ4v) is 4.06. The Morgan fingerprint density at radius 3 is 2.58 bits per heavy atom. The van der Waals surface area contributed by atoms with Crippen molar-refractivity contribution in [1.82, 2.24) is 9.78 Å². The lowest BCUT2D eigenvalue weighted by atomic mass is 9.83. The van der Waals surface area contributed by atoms with Gasteiger partial charge >= 0.3 is 0 Å². The minimum atomic E-state index is -0.734. The third kappa shape index (κ3) is 4.16. The standard InChI is InChI=1S/C25H23N5O6/c1-13-21-22(16-10-14(33-2)8-9-18(16)34-3)17(11-26)24(28)36-25(21)30(29-13)20(31)12-35-19-7-5-4-6-15(19)23(27)32/h4-10,22H,12,28H2,1-3H3,(H2,27,32). The Hall–Kier alpha value is -4.98. The van der Waals surface area contributed by atoms with Gasteiger partial charge in [-0.3, -0.25) is 9.59 Å². The number of amides is 1. The topological polar surface area (TPSA) is 165 Å². The fraction of sp³-hybridized carbons (Fsp3) is 0.200. The van der Waals surface area contributed by atoms with Crippen LogP contribution in [0.1, 0.15) is 37.9 Å². The summed E-state index contributed by atoms with van der Waals surface area (Å²) in [6.45, 7) is 1.22. The molecule has 3 aromatic rings. The van der Waals surface area contributed by atoms with Gasteiger partial charge in [-0.25, -0.2) is 0 Å². The van der Waals surface area contributed by atoms with Crippen LogP contribution in [0, 0.1) is 18.3 Å². The van der Waals surface area contributed by atoms with Gasteiger partial charge in [-0.15, -0.1) is 0 Å². The number of nitrogens with two attached hydrogens (primary N) is 2. The van der Waals surface area contributed by atoms with E-state index in [1.165, 1.54) is 26.4 Å². The number of allylic oxidation sites excluding steroid dienone is 1. The van der Waals surface area contributed by atoms with Crippen molar-refractivity contribution in [3.63, 3.8) is 0 Å². The van der Waals surface area contributed by atoms with Crippen LogP contribution in [-0.4, -0.2) is 42.4 Å². The Morgan fingerprint density at radius 2 is 1.92 bits per heavy atom. The van der Waals surface area contributed by atoms with E-state index in [9.17, 15) is 14.9 Å². The number of hydrogen-bond acceptors (Lipinski definition) is 9. The number of methoxy groups -OCH3 is 2. The van der Waals surface area contributed by atoms with Gasteiger partial charge < -0.3 is 30.4 Å². The number of nitriles is 1. The molecule has 1 aromatic heterocycles. The summed E-state index contributed by atoms with van der Waals surface area (Å²) < 4.78 is 23.2. The zero-order valence-corrected chi connectivity index (χ0v) is 19.8. The predicted molar refractivity (Wildman–Crippen MR) is 127 cm³/mol. The van der Waals surface area contributed by atoms with Crippen LogP contribution in [0.2, 0.25) is 0 Å². The van der Waals surface area contributed by atoms with Crippen molar-refractivity contribution in [3.8, 4) is 29.2 Å². The molecule has 0 bridgehead atoms. The second-order valence-corrected chi connectivity index (χ2v) is 7.79. The molecule has 2 heterocycles. The van der Waals surface area contributed by atoms with Crippen LogP contribution in [0.3, 0.4) is 0 Å². The normalized spacial score (nSPS) is 14.3. The average Bonchev–Trinajstić information content (AvgIpc) is 3.21. The Kier molecular flexibility index (Phi) is 6.52. The summed E-state index contributed by atoms with van der Waals surface area (Å²) in [5, 5.41) is 14.3. The van der Waals surface area contributed by atoms with Gasteiger partial charge in [0, 0.05) is 5.56 Å². The summed E-state index contributed by atoms with van der Waals surface area (Å²) in [6, 6.07) is 13.6. The lowest BCUT2D eigenvalue weighted by Gasteiger charge is -2.26. The first-order chi connectivity index (χ1) is 17.3. The number of primary amides is 1. The molecule has 0 saturated heterocycles. The van der Waals surface area contributed by atoms with E-state index in [-0.39, 0.29) is 28.6 Å². The highest BCUT2D eigenvalue weighted by Crippen LogP contribution is 2.47. The van der Waals surface area contributed by atoms with E-state index in [2.05, 4.69) is 11.2 Å². The predicted octanol–water partition coefficient (Wildman–Crippen LogP) is 2.25. The zero-order chi connectivity index (χ0) is 26.0. The summed E-state index contributed by atoms with van der Waals surface area (Å²) in [5.41, 5.74) is 13.3. The highest BCUT2D eigenvalue weighted by Gasteiger charge is 2.38. The van der Waals surface area contributed by atoms with Crippen LogP contribution in [0.5, 0.6) is 23.1 Å². The molecule has 11 nitrogen and oxygen atoms in total. The van der Waals surface area contributed by atoms with Gasteiger partial charge in [0.2, 0.25) is 11.8 Å². The number of fused-ring (bicyclic) bond motifs is 1. The van der Waals surface area contributed by atoms with E-state index >= 15 is 0 Å². The largest absolute Gasteiger partial charge is 0.497 e. The van der Waals surface area contributed by atoms with Gasteiger partial charge in [-0.05, 0) is 37.3 Å². The minimum Gasteiger partial charge on any atom is -0.497 e. The molecule has 1 aliphatic rings. The van der Waals surface area contributed by atoms with Crippen LogP contribution < -0.4 is 30.4 Å². The second-order valence-electron chi connectivity index (χ2n) is 7.79. The Bertz CT molecular complexity index is 1440. The minimum absolute atomic E-state index is 0.0515. The smallest absolute Gasteiger partial charge is 0.287 e. The zero-order valence-electron chi connectivity index (χ0n) is 19.8. The molecule has 1 unspecified atom stereocenters. The molecule has 4 N–H and O–H groups in total. The van der Waals surface area contributed by atoms with Gasteiger partial charge in [0.05, 0.1) is 37.0 Å². The molecule has 0 aliphatic carbocycles. The number of benzene rings is 2. The van der Waals surface area contributed by atoms with Gasteiger partial charge in [0.1, 0.15) is 28.9 Å². The third-order valence-corrected chi connectivity index (χ3v) is 5.72. The summed E-state index contributed by atoms with van der Waals surface area (Å²) in [7, 11) is 3.03. The van der Waals surface area contributed by atoms with Crippen LogP contribution in [0.4, 0.5) is 0 Å². The first kappa shape index (κ1) is 24.2. The number of hydrogen-bond donors (Lipinski definition) is 2. The lowest BCUT2D eigenvalue weighted by Crippen LogP contribution is -2.26. The second kappa shape index (κ2) is 9.71. The van der Waals surface area contributed by atoms with Crippen molar-refractivity contribution in [2.24, 2.45) is 11.5 Å². The number of aromatic nitrogens is 2. The Balaban J connectivity index is 1.76. The lowest BCUT2D eigenvalue weighted by molar-refractivity contribution is 0.0804. The van der Waals surface area contributed by atoms with Crippen LogP contribution in [0.25, 0.3) is 0 Å². The van der Waals surface area contributed by atoms with E-state index in [4.69, 9.17) is 30.4 Å². The van der Waals surface area contributed by atoms with Crippen molar-refractivity contribution >= 4 is 11.8 Å². The SMILES string of the molecule is COc1ccc(OC)c(C2C(C#N)=C(N)Oc3c2c(C)nn3C(=O)COc2ccccc2C(N)=O)c1. The number of aryl methyl sites for hydroxylation is 1. The number of para-hydroxylation sites is 1. The number of nitrogens with zero attached hydrogens (tertiary/aromatic N) is 3. The molecule has 4 rings (SSSR count). The first-order valence-electron chi connectivity index (χ1n) is 10.7. The first-order valence-corrected chi connectivity index (χ1v) is 10.7. The molecule has 184 valence electrons. The molecule has 11 heteroatoms. The van der Waals surface area contributed by atoms with E-state index < -0.39 is 24.3 Å². The molecule has 2 aromatic carbocycles. The molecule has 36 heavy (non-hydrogen) atoms. The molecule has 1 amide bonds. The van der Waals surface area contributed by atoms with Crippen molar-refractivity contribution in [2.45, 2.75) is 12.8 Å². The molecule has 0 radical (unpaired) electrons. The highest BCUT2D eigenvalue weighted by molar-refractivity contribution is 5.95. The summed E-state index contributed by atoms with van der Waals surface area (Å²) in [6.07, 6.45) is 0. The molecular formula is C25H23N5O6. The highest BCUT2D eigenvalue weighted by atomic mass is 16.5. The molecule has 0 saturated carbocycles. The van der Waals surface area contributed by atoms with Crippen LogP contribution in [-0.2, 0) is 0 Å². The van der Waals surface area contributed by atoms with Crippen molar-refractivity contribution in [3.05, 3.63) is 76.3 Å². The number of carbonyl (C=O) groups excluding carboxylic acids is 2. The van der Waals surface area contributed by atoms with E-state index in [1.807, 2.05) is 0 Å². The van der Waals surface area contributed by atoms with Crippen LogP contribution in [0.15, 0.2) is 53.9 Å². The molecule has 0 spiro atoms. The van der Waals surface area contributed by atoms with E-state index in [1.54, 1.807) is 37.3 Å². The summed E-state index contributed by atoms with van der Waals surface area (Å²) >= 11 is 0. The Labute approximate surface area is 206 Å². The van der Waals surface area contributed by atoms with Gasteiger partial charge in [0.15, 0.2) is 6.61 Å². The van der Waals surface area contributed by atoms with Crippen molar-refractivity contribution < 1.29 is 28.5 Å². The van der Waals surface area contributed by atoms with Gasteiger partial charge in [0.25, 0.3) is 11.8 Å². The van der Waals surface area contributed by atoms with Gasteiger partial charge in [-0.2, -0.15) is 15.0 Å². The molecule has 0 fully saturated rings. The van der Waals surface area contributed by atoms with E-state index in [0.29, 0.717) is 28.3 Å². The maximum absolute atomic E-state index is 13.1. The maximum atomic E-state index is 13.1. The number of carbonyl (C=O) groups is 2. The molecule has 1 atom stereocenters. The fourth-order valence-electron chi connectivity index (χ4n) is 4.06. The number of ether oxygens (including phenoxy) is 4. The molecule has 1 aliphatic heterocycles. The van der Waals surface area contributed by atoms with Crippen molar-refractivity contribution in [1.29, 1.82) is 5.26 Å².